The lowest BCUT2D eigenvalue weighted by Crippen LogP contribution is -2.42. The molecule has 1 aromatic heterocycles. The van der Waals surface area contributed by atoms with Gasteiger partial charge >= 0.3 is 0 Å². The molecular weight excluding hydrogens is 266 g/mol. The van der Waals surface area contributed by atoms with Crippen LogP contribution < -0.4 is 0 Å². The molecule has 3 rings (SSSR count). The summed E-state index contributed by atoms with van der Waals surface area (Å²) < 4.78 is 7.84. The lowest BCUT2D eigenvalue weighted by atomic mass is 10.0. The first-order valence-corrected chi connectivity index (χ1v) is 8.19. The van der Waals surface area contributed by atoms with Gasteiger partial charge in [-0.25, -0.2) is 4.98 Å². The minimum atomic E-state index is 0.150. The van der Waals surface area contributed by atoms with Crippen molar-refractivity contribution in [2.24, 2.45) is 0 Å². The molecule has 2 aliphatic rings. The van der Waals surface area contributed by atoms with E-state index in [9.17, 15) is 4.79 Å². The Balaban J connectivity index is 1.61. The van der Waals surface area contributed by atoms with Crippen molar-refractivity contribution in [2.75, 3.05) is 19.7 Å². The minimum Gasteiger partial charge on any atom is -0.378 e. The second kappa shape index (κ2) is 6.60. The summed E-state index contributed by atoms with van der Waals surface area (Å²) in [5.74, 6) is 1.37. The zero-order valence-electron chi connectivity index (χ0n) is 12.8. The molecule has 2 aliphatic heterocycles. The highest BCUT2D eigenvalue weighted by Crippen LogP contribution is 2.25. The Labute approximate surface area is 126 Å². The highest BCUT2D eigenvalue weighted by molar-refractivity contribution is 5.76. The third-order valence-electron chi connectivity index (χ3n) is 4.63. The third kappa shape index (κ3) is 3.28. The summed E-state index contributed by atoms with van der Waals surface area (Å²) in [6, 6.07) is 0.379. The smallest absolute Gasteiger partial charge is 0.225 e. The number of likely N-dealkylation sites (tertiary alicyclic amines) is 1. The van der Waals surface area contributed by atoms with Crippen LogP contribution in [0.3, 0.4) is 0 Å². The Morgan fingerprint density at radius 3 is 3.10 bits per heavy atom. The van der Waals surface area contributed by atoms with E-state index in [1.807, 2.05) is 11.1 Å². The van der Waals surface area contributed by atoms with Crippen LogP contribution in [0.5, 0.6) is 0 Å². The average Bonchev–Trinajstić information content (AvgIpc) is 3.18. The van der Waals surface area contributed by atoms with Crippen LogP contribution in [0.4, 0.5) is 0 Å². The molecule has 0 unspecified atom stereocenters. The van der Waals surface area contributed by atoms with Crippen LogP contribution in [0.1, 0.15) is 50.9 Å². The maximum absolute atomic E-state index is 12.4. The Hall–Kier alpha value is -1.36. The number of aryl methyl sites for hydroxylation is 1. The van der Waals surface area contributed by atoms with E-state index in [0.29, 0.717) is 12.5 Å². The molecule has 1 aromatic rings. The summed E-state index contributed by atoms with van der Waals surface area (Å²) in [5.41, 5.74) is 0. The molecule has 3 heterocycles. The van der Waals surface area contributed by atoms with E-state index in [1.54, 1.807) is 0 Å². The molecule has 5 heteroatoms. The van der Waals surface area contributed by atoms with Gasteiger partial charge in [0.25, 0.3) is 0 Å². The fraction of sp³-hybridized carbons (Fsp3) is 0.750. The van der Waals surface area contributed by atoms with Gasteiger partial charge in [-0.2, -0.15) is 0 Å². The summed E-state index contributed by atoms with van der Waals surface area (Å²) in [6.07, 6.45) is 9.89. The highest BCUT2D eigenvalue weighted by atomic mass is 16.5. The number of nitrogens with zero attached hydrogens (tertiary/aromatic N) is 3. The van der Waals surface area contributed by atoms with Gasteiger partial charge in [0.15, 0.2) is 0 Å². The fourth-order valence-corrected chi connectivity index (χ4v) is 3.49. The molecule has 0 radical (unpaired) electrons. The number of aromatic nitrogens is 2. The molecular formula is C16H25N3O2. The molecule has 0 spiro atoms. The van der Waals surface area contributed by atoms with Gasteiger partial charge in [0.1, 0.15) is 5.82 Å². The summed E-state index contributed by atoms with van der Waals surface area (Å²) >= 11 is 0. The van der Waals surface area contributed by atoms with E-state index < -0.39 is 0 Å². The molecule has 0 N–H and O–H groups in total. The Bertz CT molecular complexity index is 480. The van der Waals surface area contributed by atoms with Crippen LogP contribution in [-0.4, -0.2) is 46.2 Å². The molecule has 0 aromatic carbocycles. The highest BCUT2D eigenvalue weighted by Gasteiger charge is 2.28. The van der Waals surface area contributed by atoms with E-state index in [0.717, 1.165) is 57.6 Å². The predicted octanol–water partition coefficient (Wildman–Crippen LogP) is 2.18. The van der Waals surface area contributed by atoms with Crippen LogP contribution in [-0.2, 0) is 16.0 Å². The molecule has 116 valence electrons. The van der Waals surface area contributed by atoms with Gasteiger partial charge < -0.3 is 14.2 Å². The van der Waals surface area contributed by atoms with Crippen LogP contribution in [0.2, 0.25) is 0 Å². The Kier molecular flexibility index (Phi) is 4.58. The van der Waals surface area contributed by atoms with E-state index >= 15 is 0 Å². The predicted molar refractivity (Wildman–Crippen MR) is 80.0 cm³/mol. The van der Waals surface area contributed by atoms with E-state index in [4.69, 9.17) is 4.74 Å². The minimum absolute atomic E-state index is 0.150. The van der Waals surface area contributed by atoms with Gasteiger partial charge in [0.2, 0.25) is 5.91 Å². The lowest BCUT2D eigenvalue weighted by Gasteiger charge is -2.34. The molecule has 2 fully saturated rings. The van der Waals surface area contributed by atoms with Crippen molar-refractivity contribution in [1.29, 1.82) is 0 Å². The van der Waals surface area contributed by atoms with E-state index in [-0.39, 0.29) is 12.0 Å². The number of rotatable bonds is 4. The van der Waals surface area contributed by atoms with Gasteiger partial charge in [-0.05, 0) is 25.7 Å². The molecule has 0 bridgehead atoms. The van der Waals surface area contributed by atoms with Crippen LogP contribution >= 0.6 is 0 Å². The largest absolute Gasteiger partial charge is 0.378 e. The van der Waals surface area contributed by atoms with Gasteiger partial charge in [-0.3, -0.25) is 4.79 Å². The second-order valence-electron chi connectivity index (χ2n) is 6.08. The number of piperidine rings is 1. The number of hydrogen-bond acceptors (Lipinski definition) is 3. The normalized spacial score (nSPS) is 26.2. The van der Waals surface area contributed by atoms with E-state index in [1.165, 1.54) is 0 Å². The van der Waals surface area contributed by atoms with Gasteiger partial charge in [-0.15, -0.1) is 0 Å². The molecule has 1 amide bonds. The van der Waals surface area contributed by atoms with Crippen molar-refractivity contribution in [3.8, 4) is 0 Å². The van der Waals surface area contributed by atoms with Crippen LogP contribution in [0.25, 0.3) is 0 Å². The number of ether oxygens (including phenoxy) is 1. The quantitative estimate of drug-likeness (QED) is 0.854. The number of carbonyl (C=O) groups excluding carboxylic acids is 1. The first kappa shape index (κ1) is 14.6. The van der Waals surface area contributed by atoms with Crippen molar-refractivity contribution >= 4 is 5.91 Å². The molecule has 0 aliphatic carbocycles. The molecule has 0 saturated carbocycles. The van der Waals surface area contributed by atoms with Gasteiger partial charge in [-0.1, -0.05) is 6.92 Å². The Morgan fingerprint density at radius 2 is 2.33 bits per heavy atom. The van der Waals surface area contributed by atoms with Crippen molar-refractivity contribution in [3.63, 3.8) is 0 Å². The first-order valence-electron chi connectivity index (χ1n) is 8.19. The standard InChI is InChI=1S/C16H25N3O2/c1-2-15-17-7-9-19(15)13-5-3-8-18(12-13)16(20)11-14-6-4-10-21-14/h7,9,13-14H,2-6,8,10-12H2,1H3/t13-,14-/m0/s1. The summed E-state index contributed by atoms with van der Waals surface area (Å²) in [5, 5.41) is 0. The maximum atomic E-state index is 12.4. The average molecular weight is 291 g/mol. The zero-order chi connectivity index (χ0) is 14.7. The SMILES string of the molecule is CCc1nccn1[C@H]1CCCN(C(=O)C[C@@H]2CCCO2)C1. The monoisotopic (exact) mass is 291 g/mol. The first-order chi connectivity index (χ1) is 10.3. The topological polar surface area (TPSA) is 47.4 Å². The third-order valence-corrected chi connectivity index (χ3v) is 4.63. The number of hydrogen-bond donors (Lipinski definition) is 0. The van der Waals surface area contributed by atoms with Gasteiger partial charge in [0, 0.05) is 38.5 Å². The van der Waals surface area contributed by atoms with Crippen molar-refractivity contribution < 1.29 is 9.53 Å². The number of carbonyl (C=O) groups is 1. The number of imidazole rings is 1. The summed E-state index contributed by atoms with van der Waals surface area (Å²) in [4.78, 5) is 18.9. The molecule has 5 nitrogen and oxygen atoms in total. The summed E-state index contributed by atoms with van der Waals surface area (Å²) in [7, 11) is 0. The van der Waals surface area contributed by atoms with Crippen molar-refractivity contribution in [1.82, 2.24) is 14.5 Å². The molecule has 21 heavy (non-hydrogen) atoms. The molecule has 2 saturated heterocycles. The van der Waals surface area contributed by atoms with Gasteiger partial charge in [0.05, 0.1) is 18.6 Å². The lowest BCUT2D eigenvalue weighted by molar-refractivity contribution is -0.135. The fourth-order valence-electron chi connectivity index (χ4n) is 3.49. The van der Waals surface area contributed by atoms with Crippen molar-refractivity contribution in [3.05, 3.63) is 18.2 Å². The van der Waals surface area contributed by atoms with Crippen LogP contribution in [0.15, 0.2) is 12.4 Å². The number of amides is 1. The Morgan fingerprint density at radius 1 is 1.43 bits per heavy atom. The zero-order valence-corrected chi connectivity index (χ0v) is 12.8. The van der Waals surface area contributed by atoms with E-state index in [2.05, 4.69) is 22.7 Å². The molecule has 2 atom stereocenters. The second-order valence-corrected chi connectivity index (χ2v) is 6.08. The van der Waals surface area contributed by atoms with Crippen molar-refractivity contribution in [2.45, 2.75) is 57.6 Å². The summed E-state index contributed by atoms with van der Waals surface area (Å²) in [6.45, 7) is 4.64. The van der Waals surface area contributed by atoms with Crippen LogP contribution in [0, 0.1) is 0 Å². The maximum Gasteiger partial charge on any atom is 0.225 e.